The summed E-state index contributed by atoms with van der Waals surface area (Å²) in [6, 6.07) is 7.38. The van der Waals surface area contributed by atoms with Crippen molar-refractivity contribution >= 4 is 17.7 Å². The van der Waals surface area contributed by atoms with Crippen LogP contribution in [0.2, 0.25) is 0 Å². The van der Waals surface area contributed by atoms with Crippen LogP contribution in [0, 0.1) is 5.92 Å². The Balaban J connectivity index is 1.85. The Morgan fingerprint density at radius 3 is 2.81 bits per heavy atom. The van der Waals surface area contributed by atoms with Crippen LogP contribution in [-0.2, 0) is 11.2 Å². The van der Waals surface area contributed by atoms with E-state index in [2.05, 4.69) is 17.6 Å². The zero-order valence-electron chi connectivity index (χ0n) is 12.3. The molecule has 2 unspecified atom stereocenters. The minimum atomic E-state index is -0.818. The van der Waals surface area contributed by atoms with Crippen molar-refractivity contribution in [3.05, 3.63) is 29.8 Å². The molecule has 3 N–H and O–H groups in total. The van der Waals surface area contributed by atoms with Crippen molar-refractivity contribution in [2.45, 2.75) is 45.1 Å². The third kappa shape index (κ3) is 5.10. The van der Waals surface area contributed by atoms with Crippen LogP contribution >= 0.6 is 0 Å². The second kappa shape index (κ2) is 7.11. The lowest BCUT2D eigenvalue weighted by molar-refractivity contribution is -0.136. The lowest BCUT2D eigenvalue weighted by Gasteiger charge is -2.14. The molecule has 2 atom stereocenters. The molecule has 0 heterocycles. The lowest BCUT2D eigenvalue weighted by atomic mass is 10.1. The lowest BCUT2D eigenvalue weighted by Crippen LogP contribution is -2.36. The molecule has 1 aliphatic rings. The van der Waals surface area contributed by atoms with Crippen LogP contribution in [0.4, 0.5) is 10.5 Å². The first-order valence-electron chi connectivity index (χ1n) is 7.41. The number of carboxylic acids is 1. The van der Waals surface area contributed by atoms with E-state index in [1.807, 2.05) is 18.2 Å². The number of carboxylic acid groups (broad SMARTS) is 1. The molecule has 1 aromatic carbocycles. The van der Waals surface area contributed by atoms with Gasteiger partial charge in [0.25, 0.3) is 0 Å². The molecule has 0 aliphatic heterocycles. The normalized spacial score (nSPS) is 21.0. The number of carbonyl (C=O) groups is 2. The number of rotatable bonds is 5. The maximum Gasteiger partial charge on any atom is 0.319 e. The molecule has 0 aromatic heterocycles. The number of nitrogens with one attached hydrogen (secondary N) is 2. The van der Waals surface area contributed by atoms with Crippen LogP contribution in [0.15, 0.2) is 24.3 Å². The van der Waals surface area contributed by atoms with Gasteiger partial charge in [0.1, 0.15) is 0 Å². The maximum atomic E-state index is 11.9. The van der Waals surface area contributed by atoms with E-state index in [1.54, 1.807) is 6.07 Å². The molecule has 1 aliphatic carbocycles. The first kappa shape index (κ1) is 15.4. The smallest absolute Gasteiger partial charge is 0.319 e. The van der Waals surface area contributed by atoms with Gasteiger partial charge in [0.15, 0.2) is 0 Å². The molecule has 21 heavy (non-hydrogen) atoms. The molecule has 2 amide bonds. The Bertz CT molecular complexity index is 516. The summed E-state index contributed by atoms with van der Waals surface area (Å²) in [6.45, 7) is 2.20. The van der Waals surface area contributed by atoms with Crippen LogP contribution in [0.5, 0.6) is 0 Å². The Morgan fingerprint density at radius 1 is 1.33 bits per heavy atom. The highest BCUT2D eigenvalue weighted by molar-refractivity contribution is 5.89. The standard InChI is InChI=1S/C16H22N2O3/c1-11-5-7-14(9-11)18-16(21)17-13-4-2-3-12(10-13)6-8-15(19)20/h2-4,10-11,14H,5-9H2,1H3,(H,19,20)(H2,17,18,21). The second-order valence-electron chi connectivity index (χ2n) is 5.81. The molecule has 5 heteroatoms. The molecular formula is C16H22N2O3. The van der Waals surface area contributed by atoms with E-state index in [4.69, 9.17) is 5.11 Å². The molecule has 0 bridgehead atoms. The van der Waals surface area contributed by atoms with Crippen LogP contribution in [-0.4, -0.2) is 23.1 Å². The molecule has 1 aromatic rings. The van der Waals surface area contributed by atoms with Gasteiger partial charge in [0.05, 0.1) is 0 Å². The largest absolute Gasteiger partial charge is 0.481 e. The van der Waals surface area contributed by atoms with Gasteiger partial charge in [-0.1, -0.05) is 19.1 Å². The number of carbonyl (C=O) groups excluding carboxylic acids is 1. The first-order chi connectivity index (χ1) is 10.0. The summed E-state index contributed by atoms with van der Waals surface area (Å²) in [7, 11) is 0. The van der Waals surface area contributed by atoms with Crippen molar-refractivity contribution in [2.24, 2.45) is 5.92 Å². The van der Waals surface area contributed by atoms with E-state index >= 15 is 0 Å². The zero-order valence-corrected chi connectivity index (χ0v) is 12.3. The SMILES string of the molecule is CC1CCC(NC(=O)Nc2cccc(CCC(=O)O)c2)C1. The number of hydrogen-bond acceptors (Lipinski definition) is 2. The molecule has 2 rings (SSSR count). The summed E-state index contributed by atoms with van der Waals surface area (Å²) < 4.78 is 0. The predicted molar refractivity (Wildman–Crippen MR) is 81.4 cm³/mol. The van der Waals surface area contributed by atoms with Gasteiger partial charge in [-0.25, -0.2) is 4.79 Å². The highest BCUT2D eigenvalue weighted by atomic mass is 16.4. The van der Waals surface area contributed by atoms with Crippen LogP contribution in [0.25, 0.3) is 0 Å². The van der Waals surface area contributed by atoms with Crippen LogP contribution in [0.1, 0.15) is 38.2 Å². The monoisotopic (exact) mass is 290 g/mol. The van der Waals surface area contributed by atoms with Gasteiger partial charge in [0.2, 0.25) is 0 Å². The van der Waals surface area contributed by atoms with Crippen molar-refractivity contribution < 1.29 is 14.7 Å². The summed E-state index contributed by atoms with van der Waals surface area (Å²) in [5.41, 5.74) is 1.60. The first-order valence-corrected chi connectivity index (χ1v) is 7.41. The number of aliphatic carboxylic acids is 1. The summed E-state index contributed by atoms with van der Waals surface area (Å²) in [5.74, 6) is -0.142. The van der Waals surface area contributed by atoms with E-state index in [1.165, 1.54) is 0 Å². The third-order valence-electron chi connectivity index (χ3n) is 3.84. The van der Waals surface area contributed by atoms with Crippen molar-refractivity contribution in [3.8, 4) is 0 Å². The Kier molecular flexibility index (Phi) is 5.20. The van der Waals surface area contributed by atoms with Crippen molar-refractivity contribution in [2.75, 3.05) is 5.32 Å². The fraction of sp³-hybridized carbons (Fsp3) is 0.500. The van der Waals surface area contributed by atoms with Gasteiger partial charge in [-0.15, -0.1) is 0 Å². The molecule has 1 saturated carbocycles. The zero-order chi connectivity index (χ0) is 15.2. The number of hydrogen-bond donors (Lipinski definition) is 3. The number of benzene rings is 1. The fourth-order valence-corrected chi connectivity index (χ4v) is 2.75. The molecule has 5 nitrogen and oxygen atoms in total. The predicted octanol–water partition coefficient (Wildman–Crippen LogP) is 3.01. The van der Waals surface area contributed by atoms with Crippen LogP contribution < -0.4 is 10.6 Å². The van der Waals surface area contributed by atoms with Gasteiger partial charge in [0, 0.05) is 18.2 Å². The van der Waals surface area contributed by atoms with Gasteiger partial charge in [-0.05, 0) is 49.3 Å². The van der Waals surface area contributed by atoms with Gasteiger partial charge >= 0.3 is 12.0 Å². The molecule has 0 saturated heterocycles. The maximum absolute atomic E-state index is 11.9. The highest BCUT2D eigenvalue weighted by Crippen LogP contribution is 2.24. The molecule has 0 spiro atoms. The third-order valence-corrected chi connectivity index (χ3v) is 3.84. The van der Waals surface area contributed by atoms with Gasteiger partial charge in [-0.3, -0.25) is 4.79 Å². The second-order valence-corrected chi connectivity index (χ2v) is 5.81. The van der Waals surface area contributed by atoms with E-state index in [-0.39, 0.29) is 18.5 Å². The van der Waals surface area contributed by atoms with Crippen LogP contribution in [0.3, 0.4) is 0 Å². The number of urea groups is 1. The minimum absolute atomic E-state index is 0.0929. The van der Waals surface area contributed by atoms with E-state index in [0.29, 0.717) is 18.0 Å². The minimum Gasteiger partial charge on any atom is -0.481 e. The molecule has 114 valence electrons. The van der Waals surface area contributed by atoms with Crippen molar-refractivity contribution in [1.29, 1.82) is 0 Å². The topological polar surface area (TPSA) is 78.4 Å². The Labute approximate surface area is 124 Å². The number of aryl methyl sites for hydroxylation is 1. The molecular weight excluding hydrogens is 268 g/mol. The summed E-state index contributed by atoms with van der Waals surface area (Å²) in [6.07, 6.45) is 3.79. The number of anilines is 1. The number of amides is 2. The van der Waals surface area contributed by atoms with Gasteiger partial charge < -0.3 is 15.7 Å². The fourth-order valence-electron chi connectivity index (χ4n) is 2.75. The molecule has 1 fully saturated rings. The average Bonchev–Trinajstić information content (AvgIpc) is 2.82. The molecule has 0 radical (unpaired) electrons. The summed E-state index contributed by atoms with van der Waals surface area (Å²) in [5, 5.41) is 14.5. The quantitative estimate of drug-likeness (QED) is 0.780. The van der Waals surface area contributed by atoms with E-state index in [9.17, 15) is 9.59 Å². The van der Waals surface area contributed by atoms with E-state index in [0.717, 1.165) is 24.8 Å². The van der Waals surface area contributed by atoms with Gasteiger partial charge in [-0.2, -0.15) is 0 Å². The summed E-state index contributed by atoms with van der Waals surface area (Å²) in [4.78, 5) is 22.5. The Hall–Kier alpha value is -2.04. The van der Waals surface area contributed by atoms with E-state index < -0.39 is 5.97 Å². The highest BCUT2D eigenvalue weighted by Gasteiger charge is 2.22. The average molecular weight is 290 g/mol. The van der Waals surface area contributed by atoms with Crippen molar-refractivity contribution in [1.82, 2.24) is 5.32 Å². The summed E-state index contributed by atoms with van der Waals surface area (Å²) >= 11 is 0. The van der Waals surface area contributed by atoms with Crippen molar-refractivity contribution in [3.63, 3.8) is 0 Å². The Morgan fingerprint density at radius 2 is 2.14 bits per heavy atom.